The molecule has 0 fully saturated rings. The molecular formula is C17H15BrN2S. The van der Waals surface area contributed by atoms with Gasteiger partial charge in [-0.15, -0.1) is 11.3 Å². The van der Waals surface area contributed by atoms with Crippen LogP contribution in [-0.2, 0) is 6.54 Å². The van der Waals surface area contributed by atoms with E-state index in [4.69, 9.17) is 10.7 Å². The molecule has 0 aliphatic rings. The second kappa shape index (κ2) is 6.10. The third-order valence-electron chi connectivity index (χ3n) is 3.38. The molecule has 21 heavy (non-hydrogen) atoms. The predicted molar refractivity (Wildman–Crippen MR) is 93.3 cm³/mol. The number of aryl methyl sites for hydroxylation is 1. The van der Waals surface area contributed by atoms with Gasteiger partial charge < -0.3 is 5.73 Å². The number of hydrogen-bond donors (Lipinski definition) is 1. The van der Waals surface area contributed by atoms with Gasteiger partial charge in [0.2, 0.25) is 0 Å². The van der Waals surface area contributed by atoms with E-state index in [-0.39, 0.29) is 0 Å². The molecule has 0 unspecified atom stereocenters. The Morgan fingerprint density at radius 2 is 2.00 bits per heavy atom. The molecule has 3 rings (SSSR count). The van der Waals surface area contributed by atoms with E-state index in [1.54, 1.807) is 11.3 Å². The first-order valence-electron chi connectivity index (χ1n) is 6.69. The van der Waals surface area contributed by atoms with Crippen LogP contribution in [0.15, 0.2) is 52.3 Å². The monoisotopic (exact) mass is 358 g/mol. The Morgan fingerprint density at radius 3 is 2.76 bits per heavy atom. The molecule has 2 aromatic carbocycles. The standard InChI is InChI=1S/C17H15BrN2S/c1-11-5-6-14(8-15(11)18)17-20-16(10-21-17)13-4-2-3-12(7-13)9-19/h2-8,10H,9,19H2,1H3. The minimum atomic E-state index is 0.551. The second-order valence-corrected chi connectivity index (χ2v) is 6.62. The maximum atomic E-state index is 5.70. The van der Waals surface area contributed by atoms with E-state index in [1.165, 1.54) is 5.56 Å². The third-order valence-corrected chi connectivity index (χ3v) is 5.13. The van der Waals surface area contributed by atoms with E-state index >= 15 is 0 Å². The number of aromatic nitrogens is 1. The fraction of sp³-hybridized carbons (Fsp3) is 0.118. The molecule has 0 spiro atoms. The largest absolute Gasteiger partial charge is 0.326 e. The van der Waals surface area contributed by atoms with Gasteiger partial charge in [0.15, 0.2) is 0 Å². The van der Waals surface area contributed by atoms with E-state index in [1.807, 2.05) is 12.1 Å². The van der Waals surface area contributed by atoms with Crippen molar-refractivity contribution in [3.8, 4) is 21.8 Å². The normalized spacial score (nSPS) is 10.8. The lowest BCUT2D eigenvalue weighted by molar-refractivity contribution is 1.07. The predicted octanol–water partition coefficient (Wildman–Crippen LogP) is 5.01. The van der Waals surface area contributed by atoms with Crippen LogP contribution >= 0.6 is 27.3 Å². The van der Waals surface area contributed by atoms with Crippen LogP contribution in [0, 0.1) is 6.92 Å². The highest BCUT2D eigenvalue weighted by Gasteiger charge is 2.08. The summed E-state index contributed by atoms with van der Waals surface area (Å²) in [7, 11) is 0. The number of halogens is 1. The van der Waals surface area contributed by atoms with Gasteiger partial charge >= 0.3 is 0 Å². The van der Waals surface area contributed by atoms with Crippen molar-refractivity contribution in [2.24, 2.45) is 5.73 Å². The number of nitrogens with two attached hydrogens (primary N) is 1. The summed E-state index contributed by atoms with van der Waals surface area (Å²) in [6.45, 7) is 2.63. The van der Waals surface area contributed by atoms with Crippen LogP contribution in [0.1, 0.15) is 11.1 Å². The molecule has 1 aromatic heterocycles. The molecule has 0 aliphatic heterocycles. The first kappa shape index (κ1) is 14.4. The van der Waals surface area contributed by atoms with Crippen molar-refractivity contribution >= 4 is 27.3 Å². The number of benzene rings is 2. The van der Waals surface area contributed by atoms with Gasteiger partial charge in [-0.05, 0) is 30.2 Å². The summed E-state index contributed by atoms with van der Waals surface area (Å²) in [6, 6.07) is 14.6. The van der Waals surface area contributed by atoms with E-state index in [9.17, 15) is 0 Å². The van der Waals surface area contributed by atoms with E-state index < -0.39 is 0 Å². The Balaban J connectivity index is 1.97. The fourth-order valence-corrected chi connectivity index (χ4v) is 3.33. The SMILES string of the molecule is Cc1ccc(-c2nc(-c3cccc(CN)c3)cs2)cc1Br. The zero-order valence-corrected chi connectivity index (χ0v) is 14.0. The molecule has 0 saturated heterocycles. The van der Waals surface area contributed by atoms with Gasteiger partial charge in [-0.1, -0.05) is 46.3 Å². The topological polar surface area (TPSA) is 38.9 Å². The lowest BCUT2D eigenvalue weighted by Crippen LogP contribution is -1.95. The van der Waals surface area contributed by atoms with Crippen molar-refractivity contribution in [1.29, 1.82) is 0 Å². The zero-order valence-electron chi connectivity index (χ0n) is 11.6. The Morgan fingerprint density at radius 1 is 1.14 bits per heavy atom. The number of hydrogen-bond acceptors (Lipinski definition) is 3. The summed E-state index contributed by atoms with van der Waals surface area (Å²) in [5.74, 6) is 0. The molecule has 106 valence electrons. The first-order chi connectivity index (χ1) is 10.2. The second-order valence-electron chi connectivity index (χ2n) is 4.91. The molecule has 0 saturated carbocycles. The molecule has 4 heteroatoms. The van der Waals surface area contributed by atoms with Crippen LogP contribution in [0.25, 0.3) is 21.8 Å². The van der Waals surface area contributed by atoms with Crippen LogP contribution in [-0.4, -0.2) is 4.98 Å². The lowest BCUT2D eigenvalue weighted by Gasteiger charge is -2.02. The van der Waals surface area contributed by atoms with Crippen molar-refractivity contribution in [3.63, 3.8) is 0 Å². The molecular weight excluding hydrogens is 344 g/mol. The van der Waals surface area contributed by atoms with Crippen LogP contribution in [0.3, 0.4) is 0 Å². The van der Waals surface area contributed by atoms with Crippen LogP contribution in [0.4, 0.5) is 0 Å². The van der Waals surface area contributed by atoms with Crippen LogP contribution in [0.2, 0.25) is 0 Å². The minimum absolute atomic E-state index is 0.551. The lowest BCUT2D eigenvalue weighted by atomic mass is 10.1. The molecule has 2 N–H and O–H groups in total. The van der Waals surface area contributed by atoms with Gasteiger partial charge in [-0.3, -0.25) is 0 Å². The molecule has 3 aromatic rings. The molecule has 1 heterocycles. The fourth-order valence-electron chi connectivity index (χ4n) is 2.12. The Bertz CT molecular complexity index is 780. The maximum Gasteiger partial charge on any atom is 0.124 e. The van der Waals surface area contributed by atoms with Gasteiger partial charge in [0.05, 0.1) is 5.69 Å². The summed E-state index contributed by atoms with van der Waals surface area (Å²) in [4.78, 5) is 4.75. The summed E-state index contributed by atoms with van der Waals surface area (Å²) >= 11 is 5.24. The Labute approximate surface area is 136 Å². The number of thiazole rings is 1. The van der Waals surface area contributed by atoms with E-state index in [0.29, 0.717) is 6.54 Å². The van der Waals surface area contributed by atoms with Crippen molar-refractivity contribution in [2.45, 2.75) is 13.5 Å². The average Bonchev–Trinajstić information content (AvgIpc) is 3.00. The number of rotatable bonds is 3. The van der Waals surface area contributed by atoms with Crippen LogP contribution < -0.4 is 5.73 Å². The van der Waals surface area contributed by atoms with Gasteiger partial charge in [0.1, 0.15) is 5.01 Å². The Kier molecular flexibility index (Phi) is 4.19. The van der Waals surface area contributed by atoms with Crippen molar-refractivity contribution in [3.05, 3.63) is 63.4 Å². The summed E-state index contributed by atoms with van der Waals surface area (Å²) < 4.78 is 1.11. The molecule has 0 aliphatic carbocycles. The van der Waals surface area contributed by atoms with E-state index in [0.717, 1.165) is 31.9 Å². The van der Waals surface area contributed by atoms with Gasteiger partial charge in [-0.25, -0.2) is 4.98 Å². The minimum Gasteiger partial charge on any atom is -0.326 e. The van der Waals surface area contributed by atoms with E-state index in [2.05, 4.69) is 58.6 Å². The van der Waals surface area contributed by atoms with Gasteiger partial charge in [-0.2, -0.15) is 0 Å². The van der Waals surface area contributed by atoms with Crippen molar-refractivity contribution in [1.82, 2.24) is 4.98 Å². The first-order valence-corrected chi connectivity index (χ1v) is 8.36. The highest BCUT2D eigenvalue weighted by Crippen LogP contribution is 2.31. The summed E-state index contributed by atoms with van der Waals surface area (Å²) in [6.07, 6.45) is 0. The molecule has 0 amide bonds. The number of nitrogens with zero attached hydrogens (tertiary/aromatic N) is 1. The molecule has 0 radical (unpaired) electrons. The highest BCUT2D eigenvalue weighted by atomic mass is 79.9. The molecule has 2 nitrogen and oxygen atoms in total. The van der Waals surface area contributed by atoms with Gasteiger partial charge in [0.25, 0.3) is 0 Å². The van der Waals surface area contributed by atoms with Crippen LogP contribution in [0.5, 0.6) is 0 Å². The van der Waals surface area contributed by atoms with Crippen molar-refractivity contribution in [2.75, 3.05) is 0 Å². The van der Waals surface area contributed by atoms with Crippen molar-refractivity contribution < 1.29 is 0 Å². The smallest absolute Gasteiger partial charge is 0.124 e. The average molecular weight is 359 g/mol. The summed E-state index contributed by atoms with van der Waals surface area (Å²) in [5, 5.41) is 3.13. The highest BCUT2D eigenvalue weighted by molar-refractivity contribution is 9.10. The van der Waals surface area contributed by atoms with Gasteiger partial charge in [0, 0.05) is 27.5 Å². The maximum absolute atomic E-state index is 5.70. The molecule has 0 bridgehead atoms. The quantitative estimate of drug-likeness (QED) is 0.714. The summed E-state index contributed by atoms with van der Waals surface area (Å²) in [5.41, 5.74) is 11.3. The third kappa shape index (κ3) is 3.07. The molecule has 0 atom stereocenters. The zero-order chi connectivity index (χ0) is 14.8. The Hall–Kier alpha value is -1.49.